The maximum atomic E-state index is 9.83. The maximum absolute atomic E-state index is 9.83. The van der Waals surface area contributed by atoms with Crippen LogP contribution in [-0.2, 0) is 4.74 Å². The average molecular weight is 306 g/mol. The summed E-state index contributed by atoms with van der Waals surface area (Å²) in [5.41, 5.74) is 0.224. The largest absolute Gasteiger partial charge is 0.393 e. The van der Waals surface area contributed by atoms with Gasteiger partial charge in [-0.2, -0.15) is 0 Å². The molecule has 3 aliphatic rings. The molecule has 0 spiro atoms. The summed E-state index contributed by atoms with van der Waals surface area (Å²) in [5.74, 6) is 1.42. The van der Waals surface area contributed by atoms with Crippen LogP contribution in [0.2, 0.25) is 0 Å². The Kier molecular flexibility index (Phi) is 3.81. The first kappa shape index (κ1) is 16.5. The molecule has 3 rings (SSSR count). The van der Waals surface area contributed by atoms with Gasteiger partial charge in [-0.3, -0.25) is 0 Å². The number of rotatable bonds is 2. The van der Waals surface area contributed by atoms with E-state index in [-0.39, 0.29) is 12.2 Å². The fourth-order valence-corrected chi connectivity index (χ4v) is 6.59. The first-order chi connectivity index (χ1) is 10.2. The minimum atomic E-state index is -0.515. The number of hydrogen-bond acceptors (Lipinski definition) is 2. The predicted molar refractivity (Wildman–Crippen MR) is 90.7 cm³/mol. The van der Waals surface area contributed by atoms with Crippen LogP contribution in [0.1, 0.15) is 72.6 Å². The van der Waals surface area contributed by atoms with Crippen molar-refractivity contribution in [3.63, 3.8) is 0 Å². The molecule has 2 nitrogen and oxygen atoms in total. The molecule has 0 bridgehead atoms. The quantitative estimate of drug-likeness (QED) is 0.748. The van der Waals surface area contributed by atoms with Crippen LogP contribution in [0.5, 0.6) is 0 Å². The third-order valence-corrected chi connectivity index (χ3v) is 7.67. The van der Waals surface area contributed by atoms with E-state index in [1.54, 1.807) is 0 Å². The predicted octanol–water partition coefficient (Wildman–Crippen LogP) is 4.72. The SMILES string of the molecule is C=C[C@@]1(CO)CC[C@H]2[C@]3(C)CCCC(C)(C)[C@H]3CC[C@]2(C)O1. The van der Waals surface area contributed by atoms with Crippen LogP contribution < -0.4 is 0 Å². The Labute approximate surface area is 136 Å². The van der Waals surface area contributed by atoms with Gasteiger partial charge in [0.05, 0.1) is 12.2 Å². The molecule has 1 saturated heterocycles. The van der Waals surface area contributed by atoms with Gasteiger partial charge in [-0.15, -0.1) is 6.58 Å². The molecule has 2 heteroatoms. The van der Waals surface area contributed by atoms with E-state index >= 15 is 0 Å². The van der Waals surface area contributed by atoms with Gasteiger partial charge in [0.1, 0.15) is 5.60 Å². The summed E-state index contributed by atoms with van der Waals surface area (Å²) in [7, 11) is 0. The first-order valence-corrected chi connectivity index (χ1v) is 9.16. The smallest absolute Gasteiger partial charge is 0.110 e. The number of aliphatic hydroxyl groups is 1. The second kappa shape index (κ2) is 5.08. The zero-order valence-electron chi connectivity index (χ0n) is 15.0. The molecule has 0 aromatic carbocycles. The minimum Gasteiger partial charge on any atom is -0.393 e. The highest BCUT2D eigenvalue weighted by molar-refractivity contribution is 5.13. The van der Waals surface area contributed by atoms with E-state index in [1.165, 1.54) is 25.7 Å². The van der Waals surface area contributed by atoms with Gasteiger partial charge >= 0.3 is 0 Å². The Balaban J connectivity index is 1.94. The molecule has 1 aliphatic heterocycles. The third kappa shape index (κ3) is 2.21. The number of hydrogen-bond donors (Lipinski definition) is 1. The molecule has 3 fully saturated rings. The van der Waals surface area contributed by atoms with Gasteiger partial charge in [-0.25, -0.2) is 0 Å². The van der Waals surface area contributed by atoms with Gasteiger partial charge in [-0.1, -0.05) is 33.3 Å². The van der Waals surface area contributed by atoms with Gasteiger partial charge in [-0.05, 0) is 68.1 Å². The molecule has 22 heavy (non-hydrogen) atoms. The average Bonchev–Trinajstić information content (AvgIpc) is 2.45. The Morgan fingerprint density at radius 3 is 2.36 bits per heavy atom. The highest BCUT2D eigenvalue weighted by Gasteiger charge is 2.61. The minimum absolute atomic E-state index is 0.0600. The van der Waals surface area contributed by atoms with Crippen molar-refractivity contribution in [2.75, 3.05) is 6.61 Å². The third-order valence-electron chi connectivity index (χ3n) is 7.67. The first-order valence-electron chi connectivity index (χ1n) is 9.16. The van der Waals surface area contributed by atoms with Gasteiger partial charge in [0, 0.05) is 0 Å². The topological polar surface area (TPSA) is 29.5 Å². The Hall–Kier alpha value is -0.340. The Bertz CT molecular complexity index is 457. The Morgan fingerprint density at radius 2 is 1.73 bits per heavy atom. The fourth-order valence-electron chi connectivity index (χ4n) is 6.59. The monoisotopic (exact) mass is 306 g/mol. The summed E-state index contributed by atoms with van der Waals surface area (Å²) >= 11 is 0. The zero-order valence-corrected chi connectivity index (χ0v) is 15.0. The molecule has 0 amide bonds. The molecule has 5 atom stereocenters. The highest BCUT2D eigenvalue weighted by atomic mass is 16.5. The second-order valence-electron chi connectivity index (χ2n) is 9.37. The molecule has 0 aromatic heterocycles. The second-order valence-corrected chi connectivity index (χ2v) is 9.37. The summed E-state index contributed by atoms with van der Waals surface area (Å²) in [6.07, 6.45) is 10.3. The van der Waals surface area contributed by atoms with Crippen LogP contribution in [-0.4, -0.2) is 22.9 Å². The van der Waals surface area contributed by atoms with E-state index in [0.717, 1.165) is 25.2 Å². The van der Waals surface area contributed by atoms with Gasteiger partial charge < -0.3 is 9.84 Å². The van der Waals surface area contributed by atoms with E-state index in [4.69, 9.17) is 4.74 Å². The zero-order chi connectivity index (χ0) is 16.2. The lowest BCUT2D eigenvalue weighted by molar-refractivity contribution is -0.263. The molecule has 0 radical (unpaired) electrons. The van der Waals surface area contributed by atoms with Crippen LogP contribution in [0.3, 0.4) is 0 Å². The van der Waals surface area contributed by atoms with Crippen LogP contribution in [0.4, 0.5) is 0 Å². The van der Waals surface area contributed by atoms with Crippen LogP contribution >= 0.6 is 0 Å². The lowest BCUT2D eigenvalue weighted by Gasteiger charge is -2.65. The summed E-state index contributed by atoms with van der Waals surface area (Å²) in [6, 6.07) is 0. The van der Waals surface area contributed by atoms with Gasteiger partial charge in [0.25, 0.3) is 0 Å². The molecule has 0 unspecified atom stereocenters. The van der Waals surface area contributed by atoms with E-state index in [9.17, 15) is 5.11 Å². The van der Waals surface area contributed by atoms with Crippen molar-refractivity contribution in [2.45, 2.75) is 83.8 Å². The standard InChI is InChI=1S/C20H34O2/c1-6-20(14-21)13-9-16-18(4)11-7-10-17(2,3)15(18)8-12-19(16,5)22-20/h6,15-16,21H,1,7-14H2,2-5H3/t15-,16+,18-,19+,20+/m1/s1. The maximum Gasteiger partial charge on any atom is 0.110 e. The van der Waals surface area contributed by atoms with E-state index in [0.29, 0.717) is 16.7 Å². The molecule has 2 saturated carbocycles. The molecule has 1 N–H and O–H groups in total. The summed E-state index contributed by atoms with van der Waals surface area (Å²) in [4.78, 5) is 0. The molecule has 2 aliphatic carbocycles. The lowest BCUT2D eigenvalue weighted by atomic mass is 9.44. The number of ether oxygens (including phenoxy) is 1. The lowest BCUT2D eigenvalue weighted by Crippen LogP contribution is -2.63. The summed E-state index contributed by atoms with van der Waals surface area (Å²) in [6.45, 7) is 13.8. The molecule has 0 aromatic rings. The van der Waals surface area contributed by atoms with Crippen molar-refractivity contribution in [2.24, 2.45) is 22.7 Å². The molecular formula is C20H34O2. The van der Waals surface area contributed by atoms with Crippen LogP contribution in [0.25, 0.3) is 0 Å². The van der Waals surface area contributed by atoms with Crippen molar-refractivity contribution in [3.05, 3.63) is 12.7 Å². The van der Waals surface area contributed by atoms with E-state index in [2.05, 4.69) is 34.3 Å². The van der Waals surface area contributed by atoms with Crippen LogP contribution in [0, 0.1) is 22.7 Å². The number of fused-ring (bicyclic) bond motifs is 3. The Morgan fingerprint density at radius 1 is 1.05 bits per heavy atom. The normalized spacial score (nSPS) is 50.8. The van der Waals surface area contributed by atoms with Crippen molar-refractivity contribution < 1.29 is 9.84 Å². The highest BCUT2D eigenvalue weighted by Crippen LogP contribution is 2.65. The van der Waals surface area contributed by atoms with Gasteiger partial charge in [0.2, 0.25) is 0 Å². The van der Waals surface area contributed by atoms with Crippen molar-refractivity contribution in [3.8, 4) is 0 Å². The van der Waals surface area contributed by atoms with Crippen molar-refractivity contribution in [1.82, 2.24) is 0 Å². The number of aliphatic hydroxyl groups excluding tert-OH is 1. The molecular weight excluding hydrogens is 272 g/mol. The van der Waals surface area contributed by atoms with Gasteiger partial charge in [0.15, 0.2) is 0 Å². The van der Waals surface area contributed by atoms with Crippen molar-refractivity contribution >= 4 is 0 Å². The van der Waals surface area contributed by atoms with E-state index < -0.39 is 5.60 Å². The molecule has 126 valence electrons. The van der Waals surface area contributed by atoms with E-state index in [1.807, 2.05) is 6.08 Å². The summed E-state index contributed by atoms with van der Waals surface area (Å²) in [5, 5.41) is 9.83. The fraction of sp³-hybridized carbons (Fsp3) is 0.900. The van der Waals surface area contributed by atoms with Crippen molar-refractivity contribution in [1.29, 1.82) is 0 Å². The van der Waals surface area contributed by atoms with Crippen LogP contribution in [0.15, 0.2) is 12.7 Å². The molecule has 1 heterocycles. The summed E-state index contributed by atoms with van der Waals surface area (Å²) < 4.78 is 6.58.